The van der Waals surface area contributed by atoms with E-state index in [4.69, 9.17) is 5.11 Å². The van der Waals surface area contributed by atoms with Gasteiger partial charge >= 0.3 is 5.97 Å². The zero-order valence-corrected chi connectivity index (χ0v) is 13.1. The number of amides is 1. The molecule has 3 rings (SSSR count). The molecule has 6 nitrogen and oxygen atoms in total. The van der Waals surface area contributed by atoms with Crippen LogP contribution in [0.4, 0.5) is 0 Å². The molecule has 1 aliphatic rings. The van der Waals surface area contributed by atoms with E-state index in [2.05, 4.69) is 10.4 Å². The summed E-state index contributed by atoms with van der Waals surface area (Å²) < 4.78 is 1.86. The minimum Gasteiger partial charge on any atom is -0.481 e. The lowest BCUT2D eigenvalue weighted by atomic mass is 10.2. The molecule has 120 valence electrons. The number of aromatic nitrogens is 2. The summed E-state index contributed by atoms with van der Waals surface area (Å²) in [6, 6.07) is 9.80. The van der Waals surface area contributed by atoms with Gasteiger partial charge in [-0.25, -0.2) is 4.68 Å². The molecule has 1 fully saturated rings. The van der Waals surface area contributed by atoms with Gasteiger partial charge in [-0.3, -0.25) is 9.59 Å². The Morgan fingerprint density at radius 3 is 2.57 bits per heavy atom. The van der Waals surface area contributed by atoms with Gasteiger partial charge in [-0.15, -0.1) is 0 Å². The number of nitrogens with zero attached hydrogens (tertiary/aromatic N) is 2. The molecule has 1 aromatic carbocycles. The highest BCUT2D eigenvalue weighted by atomic mass is 16.4. The average molecular weight is 313 g/mol. The Bertz CT molecular complexity index is 752. The SMILES string of the molecule is Cc1nn(-c2ccccc2)c(C)c1CNC(=O)C1CC1C(=O)O. The minimum absolute atomic E-state index is 0.191. The van der Waals surface area contributed by atoms with Crippen LogP contribution in [-0.2, 0) is 16.1 Å². The molecule has 0 saturated heterocycles. The van der Waals surface area contributed by atoms with Crippen molar-refractivity contribution >= 4 is 11.9 Å². The quantitative estimate of drug-likeness (QED) is 0.882. The second kappa shape index (κ2) is 5.87. The Hall–Kier alpha value is -2.63. The Labute approximate surface area is 134 Å². The molecule has 6 heteroatoms. The molecule has 0 spiro atoms. The van der Waals surface area contributed by atoms with Crippen LogP contribution in [0, 0.1) is 25.7 Å². The number of rotatable bonds is 5. The van der Waals surface area contributed by atoms with E-state index < -0.39 is 17.8 Å². The highest BCUT2D eigenvalue weighted by Gasteiger charge is 2.48. The summed E-state index contributed by atoms with van der Waals surface area (Å²) in [5, 5.41) is 16.3. The van der Waals surface area contributed by atoms with Crippen LogP contribution in [0.25, 0.3) is 5.69 Å². The Morgan fingerprint density at radius 2 is 1.96 bits per heavy atom. The van der Waals surface area contributed by atoms with Crippen LogP contribution < -0.4 is 5.32 Å². The van der Waals surface area contributed by atoms with Gasteiger partial charge in [-0.1, -0.05) is 18.2 Å². The lowest BCUT2D eigenvalue weighted by molar-refractivity contribution is -0.140. The zero-order chi connectivity index (χ0) is 16.6. The van der Waals surface area contributed by atoms with Crippen molar-refractivity contribution in [1.29, 1.82) is 0 Å². The lowest BCUT2D eigenvalue weighted by Crippen LogP contribution is -2.26. The summed E-state index contributed by atoms with van der Waals surface area (Å²) in [6.45, 7) is 4.24. The highest BCUT2D eigenvalue weighted by molar-refractivity contribution is 5.89. The lowest BCUT2D eigenvalue weighted by Gasteiger charge is -2.07. The van der Waals surface area contributed by atoms with Crippen LogP contribution in [0.15, 0.2) is 30.3 Å². The van der Waals surface area contributed by atoms with Gasteiger partial charge in [-0.2, -0.15) is 5.10 Å². The molecule has 2 aromatic rings. The van der Waals surface area contributed by atoms with Gasteiger partial charge in [0, 0.05) is 17.8 Å². The molecule has 2 unspecified atom stereocenters. The third kappa shape index (κ3) is 2.97. The molecule has 0 aliphatic heterocycles. The molecular weight excluding hydrogens is 294 g/mol. The minimum atomic E-state index is -0.894. The molecule has 1 saturated carbocycles. The predicted molar refractivity (Wildman–Crippen MR) is 84.1 cm³/mol. The Kier molecular flexibility index (Phi) is 3.90. The van der Waals surface area contributed by atoms with Gasteiger partial charge in [0.2, 0.25) is 5.91 Å². The van der Waals surface area contributed by atoms with Crippen LogP contribution in [0.5, 0.6) is 0 Å². The van der Waals surface area contributed by atoms with Crippen LogP contribution in [-0.4, -0.2) is 26.8 Å². The first-order valence-corrected chi connectivity index (χ1v) is 7.60. The predicted octanol–water partition coefficient (Wildman–Crippen LogP) is 1.83. The topological polar surface area (TPSA) is 84.2 Å². The maximum absolute atomic E-state index is 12.0. The van der Waals surface area contributed by atoms with Crippen molar-refractivity contribution in [3.05, 3.63) is 47.3 Å². The number of nitrogens with one attached hydrogen (secondary N) is 1. The maximum Gasteiger partial charge on any atom is 0.307 e. The second-order valence-corrected chi connectivity index (χ2v) is 5.90. The van der Waals surface area contributed by atoms with Gasteiger partial charge in [0.1, 0.15) is 0 Å². The molecule has 1 amide bonds. The molecule has 1 aliphatic carbocycles. The summed E-state index contributed by atoms with van der Waals surface area (Å²) in [5.74, 6) is -2.00. The summed E-state index contributed by atoms with van der Waals surface area (Å²) in [6.07, 6.45) is 0.433. The largest absolute Gasteiger partial charge is 0.481 e. The molecule has 0 radical (unpaired) electrons. The summed E-state index contributed by atoms with van der Waals surface area (Å²) in [4.78, 5) is 22.8. The van der Waals surface area contributed by atoms with Crippen LogP contribution in [0.2, 0.25) is 0 Å². The number of aliphatic carboxylic acids is 1. The normalized spacial score (nSPS) is 19.4. The third-order valence-electron chi connectivity index (χ3n) is 4.33. The maximum atomic E-state index is 12.0. The number of carboxylic acid groups (broad SMARTS) is 1. The van der Waals surface area contributed by atoms with Crippen molar-refractivity contribution in [3.63, 3.8) is 0 Å². The number of carbonyl (C=O) groups is 2. The van der Waals surface area contributed by atoms with E-state index in [1.165, 1.54) is 0 Å². The first-order chi connectivity index (χ1) is 11.0. The van der Waals surface area contributed by atoms with E-state index in [0.29, 0.717) is 13.0 Å². The summed E-state index contributed by atoms with van der Waals surface area (Å²) in [7, 11) is 0. The van der Waals surface area contributed by atoms with Crippen molar-refractivity contribution in [2.24, 2.45) is 11.8 Å². The standard InChI is InChI=1S/C17H19N3O3/c1-10-15(9-18-16(21)13-8-14(13)17(22)23)11(2)20(19-10)12-6-4-3-5-7-12/h3-7,13-14H,8-9H2,1-2H3,(H,18,21)(H,22,23). The highest BCUT2D eigenvalue weighted by Crippen LogP contribution is 2.38. The second-order valence-electron chi connectivity index (χ2n) is 5.90. The molecule has 2 atom stereocenters. The van der Waals surface area contributed by atoms with Gasteiger partial charge in [0.05, 0.1) is 23.2 Å². The Balaban J connectivity index is 1.71. The van der Waals surface area contributed by atoms with Crippen LogP contribution >= 0.6 is 0 Å². The fourth-order valence-corrected chi connectivity index (χ4v) is 2.82. The van der Waals surface area contributed by atoms with Gasteiger partial charge in [0.15, 0.2) is 0 Å². The smallest absolute Gasteiger partial charge is 0.307 e. The fourth-order valence-electron chi connectivity index (χ4n) is 2.82. The average Bonchev–Trinajstić information content (AvgIpc) is 3.29. The van der Waals surface area contributed by atoms with Gasteiger partial charge < -0.3 is 10.4 Å². The number of benzene rings is 1. The fraction of sp³-hybridized carbons (Fsp3) is 0.353. The Morgan fingerprint density at radius 1 is 1.26 bits per heavy atom. The number of aryl methyl sites for hydroxylation is 1. The first kappa shape index (κ1) is 15.3. The van der Waals surface area contributed by atoms with Crippen molar-refractivity contribution in [2.75, 3.05) is 0 Å². The molecule has 0 bridgehead atoms. The van der Waals surface area contributed by atoms with Crippen LogP contribution in [0.1, 0.15) is 23.4 Å². The third-order valence-corrected chi connectivity index (χ3v) is 4.33. The van der Waals surface area contributed by atoms with E-state index in [0.717, 1.165) is 22.6 Å². The zero-order valence-electron chi connectivity index (χ0n) is 13.1. The van der Waals surface area contributed by atoms with E-state index in [1.807, 2.05) is 48.9 Å². The number of carboxylic acids is 1. The first-order valence-electron chi connectivity index (χ1n) is 7.60. The van der Waals surface area contributed by atoms with E-state index >= 15 is 0 Å². The summed E-state index contributed by atoms with van der Waals surface area (Å²) >= 11 is 0. The monoisotopic (exact) mass is 313 g/mol. The van der Waals surface area contributed by atoms with E-state index in [-0.39, 0.29) is 5.91 Å². The number of para-hydroxylation sites is 1. The van der Waals surface area contributed by atoms with Crippen molar-refractivity contribution in [2.45, 2.75) is 26.8 Å². The van der Waals surface area contributed by atoms with E-state index in [9.17, 15) is 9.59 Å². The van der Waals surface area contributed by atoms with Crippen molar-refractivity contribution in [3.8, 4) is 5.69 Å². The van der Waals surface area contributed by atoms with Crippen molar-refractivity contribution in [1.82, 2.24) is 15.1 Å². The molecule has 1 heterocycles. The number of hydrogen-bond donors (Lipinski definition) is 2. The molecule has 23 heavy (non-hydrogen) atoms. The van der Waals surface area contributed by atoms with Gasteiger partial charge in [-0.05, 0) is 32.4 Å². The molecule has 1 aromatic heterocycles. The van der Waals surface area contributed by atoms with Crippen molar-refractivity contribution < 1.29 is 14.7 Å². The molecular formula is C17H19N3O3. The van der Waals surface area contributed by atoms with E-state index in [1.54, 1.807) is 0 Å². The molecule has 2 N–H and O–H groups in total. The van der Waals surface area contributed by atoms with Crippen LogP contribution in [0.3, 0.4) is 0 Å². The summed E-state index contributed by atoms with van der Waals surface area (Å²) in [5.41, 5.74) is 3.77. The van der Waals surface area contributed by atoms with Gasteiger partial charge in [0.25, 0.3) is 0 Å². The number of hydrogen-bond acceptors (Lipinski definition) is 3. The number of carbonyl (C=O) groups excluding carboxylic acids is 1.